The maximum Gasteiger partial charge on any atom is 0.338 e. The topological polar surface area (TPSA) is 227 Å². The second-order valence-corrected chi connectivity index (χ2v) is 11.0. The number of hydrogen-bond donors (Lipinski definition) is 4. The summed E-state index contributed by atoms with van der Waals surface area (Å²) in [4.78, 5) is 64.9. The molecule has 0 saturated carbocycles. The number of imidazole rings is 2. The van der Waals surface area contributed by atoms with Gasteiger partial charge in [-0.25, -0.2) is 19.6 Å². The van der Waals surface area contributed by atoms with Crippen LogP contribution in [0.15, 0.2) is 70.0 Å². The van der Waals surface area contributed by atoms with Crippen LogP contribution in [0.5, 0.6) is 17.2 Å². The molecule has 7 aromatic rings. The Hall–Kier alpha value is -7.10. The first-order chi connectivity index (χ1) is 24.7. The molecule has 0 unspecified atom stereocenters. The number of benzene rings is 4. The summed E-state index contributed by atoms with van der Waals surface area (Å²) in [6.45, 7) is 0.175. The summed E-state index contributed by atoms with van der Waals surface area (Å²) in [5.41, 5.74) is 8.72. The minimum Gasteiger partial charge on any atom is -0.494 e. The molecule has 0 aliphatic rings. The van der Waals surface area contributed by atoms with Crippen LogP contribution < -0.4 is 25.5 Å². The predicted molar refractivity (Wildman–Crippen MR) is 182 cm³/mol. The Labute approximate surface area is 286 Å². The Morgan fingerprint density at radius 2 is 1.33 bits per heavy atom. The normalized spacial score (nSPS) is 11.2. The molecule has 0 aliphatic heterocycles. The van der Waals surface area contributed by atoms with Gasteiger partial charge in [0, 0.05) is 11.1 Å². The molecule has 4 aromatic carbocycles. The number of carbonyl (C=O) groups excluding carboxylic acids is 3. The van der Waals surface area contributed by atoms with E-state index in [1.54, 1.807) is 48.5 Å². The Bertz CT molecular complexity index is 2560. The number of fused-ring (bicyclic) bond motifs is 4. The summed E-state index contributed by atoms with van der Waals surface area (Å²) in [6.07, 6.45) is 0. The SMILES string of the molecule is COC(=O)c1cc(OCCOc2ccc(C(=O)OC)c(-c3nc4c(ccc5c(=O)[nH]oc54)[nH]3)c2)ccc1-c1nc2c(OC)c(C(N)=O)ccc2[nH]1. The summed E-state index contributed by atoms with van der Waals surface area (Å²) in [7, 11) is 3.95. The lowest BCUT2D eigenvalue weighted by Crippen LogP contribution is -2.12. The second kappa shape index (κ2) is 13.1. The first kappa shape index (κ1) is 32.4. The first-order valence-electron chi connectivity index (χ1n) is 15.3. The number of methoxy groups -OCH3 is 3. The highest BCUT2D eigenvalue weighted by Crippen LogP contribution is 2.34. The number of primary amides is 1. The van der Waals surface area contributed by atoms with Gasteiger partial charge in [-0.05, 0) is 60.7 Å². The molecule has 3 aromatic heterocycles. The number of nitrogens with one attached hydrogen (secondary N) is 3. The van der Waals surface area contributed by atoms with Crippen LogP contribution >= 0.6 is 0 Å². The van der Waals surface area contributed by atoms with Crippen LogP contribution in [0.4, 0.5) is 0 Å². The van der Waals surface area contributed by atoms with E-state index in [-0.39, 0.29) is 46.8 Å². The van der Waals surface area contributed by atoms with Crippen LogP contribution in [-0.2, 0) is 9.47 Å². The molecule has 0 bridgehead atoms. The van der Waals surface area contributed by atoms with Crippen molar-refractivity contribution in [2.24, 2.45) is 5.73 Å². The van der Waals surface area contributed by atoms with E-state index in [0.29, 0.717) is 61.7 Å². The zero-order valence-corrected chi connectivity index (χ0v) is 27.2. The molecule has 0 saturated heterocycles. The van der Waals surface area contributed by atoms with Gasteiger partial charge in [0.2, 0.25) is 0 Å². The number of H-pyrrole nitrogens is 3. The number of esters is 2. The molecule has 0 atom stereocenters. The summed E-state index contributed by atoms with van der Waals surface area (Å²) in [5.74, 6) is -0.238. The van der Waals surface area contributed by atoms with Gasteiger partial charge in [0.05, 0.1) is 54.4 Å². The number of aromatic amines is 3. The molecule has 16 heteroatoms. The zero-order chi connectivity index (χ0) is 35.8. The van der Waals surface area contributed by atoms with E-state index in [0.717, 1.165) is 0 Å². The highest BCUT2D eigenvalue weighted by atomic mass is 16.5. The average Bonchev–Trinajstić information content (AvgIpc) is 3.88. The van der Waals surface area contributed by atoms with Crippen LogP contribution in [0.2, 0.25) is 0 Å². The van der Waals surface area contributed by atoms with Crippen LogP contribution in [0.25, 0.3) is 55.8 Å². The number of rotatable bonds is 11. The molecule has 0 radical (unpaired) electrons. The van der Waals surface area contributed by atoms with E-state index < -0.39 is 17.8 Å². The molecule has 16 nitrogen and oxygen atoms in total. The van der Waals surface area contributed by atoms with Gasteiger partial charge in [-0.3, -0.25) is 9.59 Å². The third-order valence-electron chi connectivity index (χ3n) is 8.10. The summed E-state index contributed by atoms with van der Waals surface area (Å²) >= 11 is 0. The van der Waals surface area contributed by atoms with Crippen molar-refractivity contribution >= 4 is 50.9 Å². The lowest BCUT2D eigenvalue weighted by Gasteiger charge is -2.12. The molecule has 1 amide bonds. The van der Waals surface area contributed by atoms with E-state index in [2.05, 4.69) is 25.1 Å². The van der Waals surface area contributed by atoms with Crippen molar-refractivity contribution in [3.63, 3.8) is 0 Å². The molecule has 7 rings (SSSR count). The highest BCUT2D eigenvalue weighted by Gasteiger charge is 2.22. The van der Waals surface area contributed by atoms with Crippen LogP contribution in [0.1, 0.15) is 31.1 Å². The molecular formula is C35H28N6O10. The number of aromatic nitrogens is 5. The van der Waals surface area contributed by atoms with Gasteiger partial charge >= 0.3 is 11.9 Å². The molecule has 51 heavy (non-hydrogen) atoms. The number of amides is 1. The molecule has 0 spiro atoms. The summed E-state index contributed by atoms with van der Waals surface area (Å²) in [5, 5.41) is 2.65. The number of nitrogens with two attached hydrogens (primary N) is 1. The van der Waals surface area contributed by atoms with Gasteiger partial charge in [-0.1, -0.05) is 0 Å². The van der Waals surface area contributed by atoms with Crippen molar-refractivity contribution in [2.75, 3.05) is 34.5 Å². The van der Waals surface area contributed by atoms with E-state index >= 15 is 0 Å². The fourth-order valence-corrected chi connectivity index (χ4v) is 5.71. The molecule has 3 heterocycles. The van der Waals surface area contributed by atoms with Gasteiger partial charge in [0.15, 0.2) is 11.3 Å². The average molecular weight is 693 g/mol. The van der Waals surface area contributed by atoms with Crippen molar-refractivity contribution < 1.29 is 42.6 Å². The minimum absolute atomic E-state index is 0.0842. The minimum atomic E-state index is -0.667. The van der Waals surface area contributed by atoms with E-state index in [4.69, 9.17) is 33.9 Å². The predicted octanol–water partition coefficient (Wildman–Crippen LogP) is 4.35. The van der Waals surface area contributed by atoms with Crippen molar-refractivity contribution in [3.05, 3.63) is 87.7 Å². The van der Waals surface area contributed by atoms with E-state index in [1.807, 2.05) is 0 Å². The van der Waals surface area contributed by atoms with Crippen molar-refractivity contribution in [1.29, 1.82) is 0 Å². The maximum atomic E-state index is 12.8. The summed E-state index contributed by atoms with van der Waals surface area (Å²) < 4.78 is 32.6. The standard InChI is InChI=1S/C35H28N6O10/c1-46-28-20(30(36)42)8-10-24-26(28)39-31(37-24)18-6-4-17(15-23(18)35(45)48-3)50-13-12-49-16-5-7-19(34(44)47-2)22(14-16)32-38-25-11-9-21-29(27(25)40-32)51-41-33(21)43/h4-11,14-15H,12-13H2,1-3H3,(H2,36,42)(H,37,39)(H,38,40)(H,41,43). The third kappa shape index (κ3) is 5.83. The van der Waals surface area contributed by atoms with E-state index in [9.17, 15) is 19.2 Å². The van der Waals surface area contributed by atoms with Gasteiger partial charge in [-0.2, -0.15) is 5.16 Å². The monoisotopic (exact) mass is 692 g/mol. The fourth-order valence-electron chi connectivity index (χ4n) is 5.71. The quantitative estimate of drug-likeness (QED) is 0.110. The summed E-state index contributed by atoms with van der Waals surface area (Å²) in [6, 6.07) is 16.1. The Balaban J connectivity index is 1.10. The Morgan fingerprint density at radius 1 is 0.725 bits per heavy atom. The number of ether oxygens (including phenoxy) is 5. The first-order valence-corrected chi connectivity index (χ1v) is 15.3. The van der Waals surface area contributed by atoms with E-state index in [1.165, 1.54) is 33.5 Å². The lowest BCUT2D eigenvalue weighted by molar-refractivity contribution is 0.0592. The largest absolute Gasteiger partial charge is 0.494 e. The molecular weight excluding hydrogens is 664 g/mol. The lowest BCUT2D eigenvalue weighted by atomic mass is 10.1. The molecule has 5 N–H and O–H groups in total. The highest BCUT2D eigenvalue weighted by molar-refractivity contribution is 6.04. The number of hydrogen-bond acceptors (Lipinski definition) is 12. The van der Waals surface area contributed by atoms with Crippen LogP contribution in [0.3, 0.4) is 0 Å². The second-order valence-electron chi connectivity index (χ2n) is 11.0. The molecule has 258 valence electrons. The fraction of sp³-hybridized carbons (Fsp3) is 0.143. The van der Waals surface area contributed by atoms with Gasteiger partial charge in [-0.15, -0.1) is 0 Å². The van der Waals surface area contributed by atoms with Gasteiger partial charge < -0.3 is 43.9 Å². The molecule has 0 aliphatic carbocycles. The van der Waals surface area contributed by atoms with Gasteiger partial charge in [0.25, 0.3) is 11.5 Å². The third-order valence-corrected chi connectivity index (χ3v) is 8.10. The van der Waals surface area contributed by atoms with Crippen molar-refractivity contribution in [3.8, 4) is 40.0 Å². The Morgan fingerprint density at radius 3 is 2.04 bits per heavy atom. The number of carbonyl (C=O) groups is 3. The van der Waals surface area contributed by atoms with Gasteiger partial charge in [0.1, 0.15) is 47.4 Å². The zero-order valence-electron chi connectivity index (χ0n) is 27.2. The van der Waals surface area contributed by atoms with Crippen LogP contribution in [0, 0.1) is 0 Å². The van der Waals surface area contributed by atoms with Crippen molar-refractivity contribution in [2.45, 2.75) is 0 Å². The Kier molecular flexibility index (Phi) is 8.32. The van der Waals surface area contributed by atoms with Crippen molar-refractivity contribution in [1.82, 2.24) is 25.1 Å². The van der Waals surface area contributed by atoms with Crippen LogP contribution in [-0.4, -0.2) is 77.5 Å². The number of nitrogens with zero attached hydrogens (tertiary/aromatic N) is 2. The maximum absolute atomic E-state index is 12.8. The smallest absolute Gasteiger partial charge is 0.338 e. The molecule has 0 fully saturated rings.